The van der Waals surface area contributed by atoms with Crippen molar-refractivity contribution >= 4 is 21.7 Å². The van der Waals surface area contributed by atoms with Gasteiger partial charge in [-0.25, -0.2) is 0 Å². The second kappa shape index (κ2) is 5.19. The van der Waals surface area contributed by atoms with E-state index >= 15 is 0 Å². The molecular weight excluding hydrogens is 284 g/mol. The van der Waals surface area contributed by atoms with Crippen LogP contribution in [0, 0.1) is 20.8 Å². The van der Waals surface area contributed by atoms with Gasteiger partial charge in [-0.3, -0.25) is 4.79 Å². The molecule has 0 saturated heterocycles. The Balaban J connectivity index is 3.64. The number of hydrogen-bond donors (Lipinski definition) is 1. The molecule has 0 aromatic heterocycles. The van der Waals surface area contributed by atoms with Gasteiger partial charge in [-0.2, -0.15) is 0 Å². The van der Waals surface area contributed by atoms with Crippen molar-refractivity contribution in [1.29, 1.82) is 0 Å². The molecule has 0 spiro atoms. The largest absolute Gasteiger partial charge is 0.496 e. The Bertz CT molecular complexity index is 464. The fourth-order valence-electron chi connectivity index (χ4n) is 1.84. The molecule has 0 heterocycles. The Kier molecular flexibility index (Phi) is 4.33. The van der Waals surface area contributed by atoms with E-state index in [9.17, 15) is 9.90 Å². The molecule has 1 rings (SSSR count). The average Bonchev–Trinajstić information content (AvgIpc) is 2.29. The smallest absolute Gasteiger partial charge is 0.195 e. The van der Waals surface area contributed by atoms with Crippen molar-refractivity contribution in [3.05, 3.63) is 26.7 Å². The normalized spacial score (nSPS) is 12.4. The first-order valence-corrected chi connectivity index (χ1v) is 6.17. The third-order valence-corrected chi connectivity index (χ3v) is 4.18. The Morgan fingerprint density at radius 1 is 1.24 bits per heavy atom. The van der Waals surface area contributed by atoms with Gasteiger partial charge in [-0.1, -0.05) is 15.9 Å². The number of benzene rings is 1. The highest BCUT2D eigenvalue weighted by Crippen LogP contribution is 2.36. The van der Waals surface area contributed by atoms with Crippen LogP contribution in [0.25, 0.3) is 0 Å². The summed E-state index contributed by atoms with van der Waals surface area (Å²) in [4.78, 5) is 12.0. The van der Waals surface area contributed by atoms with Crippen LogP contribution < -0.4 is 4.74 Å². The summed E-state index contributed by atoms with van der Waals surface area (Å²) in [6, 6.07) is 0. The Morgan fingerprint density at radius 2 is 1.76 bits per heavy atom. The molecule has 0 aliphatic heterocycles. The summed E-state index contributed by atoms with van der Waals surface area (Å²) in [6.45, 7) is 7.17. The molecule has 1 atom stereocenters. The number of carbonyl (C=O) groups excluding carboxylic acids is 1. The molecule has 0 radical (unpaired) electrons. The summed E-state index contributed by atoms with van der Waals surface area (Å²) < 4.78 is 6.20. The Morgan fingerprint density at radius 3 is 2.18 bits per heavy atom. The zero-order valence-electron chi connectivity index (χ0n) is 10.7. The molecule has 0 aliphatic rings. The monoisotopic (exact) mass is 300 g/mol. The lowest BCUT2D eigenvalue weighted by Gasteiger charge is -2.18. The number of ether oxygens (including phenoxy) is 1. The molecule has 1 unspecified atom stereocenters. The van der Waals surface area contributed by atoms with Crippen molar-refractivity contribution in [2.24, 2.45) is 0 Å². The first-order chi connectivity index (χ1) is 7.82. The van der Waals surface area contributed by atoms with Crippen molar-refractivity contribution in [3.63, 3.8) is 0 Å². The third-order valence-electron chi connectivity index (χ3n) is 2.99. The molecule has 0 bridgehead atoms. The quantitative estimate of drug-likeness (QED) is 0.873. The van der Waals surface area contributed by atoms with Gasteiger partial charge in [0.2, 0.25) is 0 Å². The number of aliphatic hydroxyl groups is 1. The summed E-state index contributed by atoms with van der Waals surface area (Å²) in [5, 5.41) is 9.45. The molecular formula is C13H17BrO3. The van der Waals surface area contributed by atoms with Gasteiger partial charge in [0, 0.05) is 4.47 Å². The van der Waals surface area contributed by atoms with Gasteiger partial charge in [-0.15, -0.1) is 0 Å². The summed E-state index contributed by atoms with van der Waals surface area (Å²) in [7, 11) is 1.54. The number of ketones is 1. The van der Waals surface area contributed by atoms with Crippen molar-refractivity contribution < 1.29 is 14.6 Å². The number of methoxy groups -OCH3 is 1. The topological polar surface area (TPSA) is 46.5 Å². The highest BCUT2D eigenvalue weighted by Gasteiger charge is 2.24. The van der Waals surface area contributed by atoms with E-state index in [1.165, 1.54) is 14.0 Å². The van der Waals surface area contributed by atoms with E-state index in [1.54, 1.807) is 0 Å². The van der Waals surface area contributed by atoms with E-state index in [0.29, 0.717) is 11.3 Å². The summed E-state index contributed by atoms with van der Waals surface area (Å²) in [6.07, 6.45) is -1.03. The lowest BCUT2D eigenvalue weighted by molar-refractivity contribution is 0.0775. The van der Waals surface area contributed by atoms with Gasteiger partial charge in [0.25, 0.3) is 0 Å². The van der Waals surface area contributed by atoms with Crippen molar-refractivity contribution in [2.45, 2.75) is 33.8 Å². The average molecular weight is 301 g/mol. The number of carbonyl (C=O) groups is 1. The lowest BCUT2D eigenvalue weighted by Crippen LogP contribution is -2.19. The number of aliphatic hydroxyl groups excluding tert-OH is 1. The molecule has 0 saturated carbocycles. The second-order valence-corrected chi connectivity index (χ2v) is 4.93. The zero-order valence-corrected chi connectivity index (χ0v) is 12.3. The Labute approximate surface area is 110 Å². The first kappa shape index (κ1) is 14.2. The molecule has 94 valence electrons. The van der Waals surface area contributed by atoms with E-state index in [-0.39, 0.29) is 5.78 Å². The van der Waals surface area contributed by atoms with E-state index < -0.39 is 6.10 Å². The van der Waals surface area contributed by atoms with E-state index in [1.807, 2.05) is 20.8 Å². The van der Waals surface area contributed by atoms with Gasteiger partial charge in [0.05, 0.1) is 12.7 Å². The molecule has 0 aliphatic carbocycles. The minimum Gasteiger partial charge on any atom is -0.496 e. The van der Waals surface area contributed by atoms with Crippen LogP contribution in [0.4, 0.5) is 0 Å². The van der Waals surface area contributed by atoms with Crippen LogP contribution in [0.3, 0.4) is 0 Å². The number of halogens is 1. The molecule has 4 heteroatoms. The summed E-state index contributed by atoms with van der Waals surface area (Å²) >= 11 is 3.47. The fourth-order valence-corrected chi connectivity index (χ4v) is 2.34. The standard InChI is InChI=1S/C13H17BrO3/c1-6-7(2)13(17-5)10(8(3)11(6)14)12(16)9(4)15/h9,15H,1-5H3. The van der Waals surface area contributed by atoms with E-state index in [2.05, 4.69) is 15.9 Å². The van der Waals surface area contributed by atoms with Crippen LogP contribution >= 0.6 is 15.9 Å². The first-order valence-electron chi connectivity index (χ1n) is 5.38. The van der Waals surface area contributed by atoms with Crippen LogP contribution in [0.5, 0.6) is 5.75 Å². The minimum absolute atomic E-state index is 0.317. The second-order valence-electron chi connectivity index (χ2n) is 4.14. The fraction of sp³-hybridized carbons (Fsp3) is 0.462. The molecule has 0 fully saturated rings. The maximum Gasteiger partial charge on any atom is 0.195 e. The molecule has 17 heavy (non-hydrogen) atoms. The zero-order chi connectivity index (χ0) is 13.3. The van der Waals surface area contributed by atoms with Crippen LogP contribution in [0.1, 0.15) is 34.0 Å². The predicted octanol–water partition coefficient (Wildman–Crippen LogP) is 2.95. The van der Waals surface area contributed by atoms with Crippen molar-refractivity contribution in [1.82, 2.24) is 0 Å². The van der Waals surface area contributed by atoms with Crippen molar-refractivity contribution in [2.75, 3.05) is 7.11 Å². The summed E-state index contributed by atoms with van der Waals surface area (Å²) in [5.74, 6) is 0.234. The van der Waals surface area contributed by atoms with Gasteiger partial charge in [0.1, 0.15) is 11.9 Å². The molecule has 1 aromatic rings. The minimum atomic E-state index is -1.03. The summed E-state index contributed by atoms with van der Waals surface area (Å²) in [5.41, 5.74) is 3.21. The lowest BCUT2D eigenvalue weighted by atomic mass is 9.94. The van der Waals surface area contributed by atoms with Crippen molar-refractivity contribution in [3.8, 4) is 5.75 Å². The van der Waals surface area contributed by atoms with E-state index in [4.69, 9.17) is 4.74 Å². The molecule has 0 amide bonds. The molecule has 1 N–H and O–H groups in total. The van der Waals surface area contributed by atoms with E-state index in [0.717, 1.165) is 21.2 Å². The maximum absolute atomic E-state index is 12.0. The number of rotatable bonds is 3. The maximum atomic E-state index is 12.0. The van der Waals surface area contributed by atoms with Crippen LogP contribution in [-0.4, -0.2) is 24.1 Å². The van der Waals surface area contributed by atoms with Gasteiger partial charge in [-0.05, 0) is 44.4 Å². The number of Topliss-reactive ketones (excluding diaryl/α,β-unsaturated/α-hetero) is 1. The predicted molar refractivity (Wildman–Crippen MR) is 70.9 cm³/mol. The molecule has 1 aromatic carbocycles. The third kappa shape index (κ3) is 2.38. The van der Waals surface area contributed by atoms with Gasteiger partial charge in [0.15, 0.2) is 5.78 Å². The Hall–Kier alpha value is -0.870. The highest BCUT2D eigenvalue weighted by molar-refractivity contribution is 9.10. The van der Waals surface area contributed by atoms with Crippen LogP contribution in [0.2, 0.25) is 0 Å². The SMILES string of the molecule is COc1c(C)c(C)c(Br)c(C)c1C(=O)C(C)O. The molecule has 3 nitrogen and oxygen atoms in total. The van der Waals surface area contributed by atoms with Crippen LogP contribution in [-0.2, 0) is 0 Å². The van der Waals surface area contributed by atoms with Gasteiger partial charge < -0.3 is 9.84 Å². The van der Waals surface area contributed by atoms with Crippen LogP contribution in [0.15, 0.2) is 4.47 Å². The van der Waals surface area contributed by atoms with Gasteiger partial charge >= 0.3 is 0 Å². The number of hydrogen-bond acceptors (Lipinski definition) is 3. The highest BCUT2D eigenvalue weighted by atomic mass is 79.9.